The summed E-state index contributed by atoms with van der Waals surface area (Å²) in [5.74, 6) is -1.25. The van der Waals surface area contributed by atoms with Gasteiger partial charge in [-0.05, 0) is 25.3 Å². The number of nitrogen functional groups attached to an aromatic ring is 1. The minimum Gasteiger partial charge on any atom is -0.545 e. The van der Waals surface area contributed by atoms with Crippen LogP contribution in [0.25, 0.3) is 0 Å². The van der Waals surface area contributed by atoms with E-state index < -0.39 is 5.97 Å². The van der Waals surface area contributed by atoms with E-state index in [9.17, 15) is 14.7 Å². The third kappa shape index (κ3) is 3.46. The quantitative estimate of drug-likeness (QED) is 0.598. The summed E-state index contributed by atoms with van der Waals surface area (Å²) in [5, 5.41) is 11.4. The van der Waals surface area contributed by atoms with E-state index in [0.29, 0.717) is 38.1 Å². The van der Waals surface area contributed by atoms with E-state index in [0.717, 1.165) is 4.88 Å². The molecule has 0 spiro atoms. The minimum atomic E-state index is -1.25. The number of ether oxygens (including phenoxy) is 1. The Kier molecular flexibility index (Phi) is 6.32. The van der Waals surface area contributed by atoms with E-state index >= 15 is 0 Å². The van der Waals surface area contributed by atoms with E-state index in [1.54, 1.807) is 11.8 Å². The van der Waals surface area contributed by atoms with Crippen molar-refractivity contribution < 1.29 is 49.0 Å². The fourth-order valence-corrected chi connectivity index (χ4v) is 3.31. The van der Waals surface area contributed by atoms with Crippen LogP contribution in [0.2, 0.25) is 0 Å². The smallest absolute Gasteiger partial charge is 0.545 e. The van der Waals surface area contributed by atoms with E-state index in [1.807, 2.05) is 0 Å². The molecule has 2 rings (SSSR count). The molecule has 1 aromatic heterocycles. The number of hydrogen-bond donors (Lipinski definition) is 1. The average Bonchev–Trinajstić information content (AvgIpc) is 2.52. The molecule has 0 saturated carbocycles. The Bertz CT molecular complexity index is 518. The number of rotatable bonds is 2. The van der Waals surface area contributed by atoms with Crippen LogP contribution in [0.5, 0.6) is 0 Å². The molecule has 20 heavy (non-hydrogen) atoms. The second-order valence-corrected chi connectivity index (χ2v) is 5.35. The molecule has 104 valence electrons. The standard InChI is InChI=1S/C12H16N2O4S.Na/c1-2-18-12(17)14-5-3-7-8(4-6-14)19-10(13)9(7)11(15)16;/h2-6,13H2,1H3,(H,15,16);/q;+1/p-1. The predicted molar refractivity (Wildman–Crippen MR) is 69.1 cm³/mol. The molecule has 0 fully saturated rings. The maximum atomic E-state index is 11.7. The van der Waals surface area contributed by atoms with Crippen LogP contribution in [-0.4, -0.2) is 36.7 Å². The SMILES string of the molecule is CCOC(=O)N1CCc2sc(N)c(C(=O)[O-])c2CC1.[Na+]. The number of hydrogen-bond acceptors (Lipinski definition) is 6. The molecule has 1 aliphatic rings. The van der Waals surface area contributed by atoms with Crippen LogP contribution < -0.4 is 40.4 Å². The number of amides is 1. The second kappa shape index (κ2) is 7.31. The van der Waals surface area contributed by atoms with E-state index in [2.05, 4.69) is 0 Å². The number of carbonyl (C=O) groups excluding carboxylic acids is 2. The van der Waals surface area contributed by atoms with Crippen LogP contribution in [0.3, 0.4) is 0 Å². The summed E-state index contributed by atoms with van der Waals surface area (Å²) in [5.41, 5.74) is 6.50. The summed E-state index contributed by atoms with van der Waals surface area (Å²) in [6.45, 7) is 3.02. The maximum absolute atomic E-state index is 11.7. The topological polar surface area (TPSA) is 95.7 Å². The van der Waals surface area contributed by atoms with Gasteiger partial charge in [-0.1, -0.05) is 0 Å². The number of thiophene rings is 1. The van der Waals surface area contributed by atoms with Crippen LogP contribution in [0, 0.1) is 0 Å². The third-order valence-electron chi connectivity index (χ3n) is 3.09. The number of nitrogens with zero attached hydrogens (tertiary/aromatic N) is 1. The van der Waals surface area contributed by atoms with Gasteiger partial charge in [-0.15, -0.1) is 11.3 Å². The van der Waals surface area contributed by atoms with Crippen LogP contribution in [0.1, 0.15) is 27.7 Å². The molecule has 1 amide bonds. The first-order valence-corrected chi connectivity index (χ1v) is 6.89. The molecule has 8 heteroatoms. The van der Waals surface area contributed by atoms with Gasteiger partial charge in [0.15, 0.2) is 0 Å². The van der Waals surface area contributed by atoms with Crippen LogP contribution >= 0.6 is 11.3 Å². The number of carboxylic acids is 1. The minimum absolute atomic E-state index is 0. The van der Waals surface area contributed by atoms with Gasteiger partial charge < -0.3 is 25.3 Å². The van der Waals surface area contributed by atoms with Gasteiger partial charge in [0.1, 0.15) is 0 Å². The molecule has 0 bridgehead atoms. The molecule has 1 aliphatic heterocycles. The van der Waals surface area contributed by atoms with Crippen LogP contribution in [0.4, 0.5) is 9.80 Å². The van der Waals surface area contributed by atoms with Crippen molar-refractivity contribution in [2.24, 2.45) is 0 Å². The van der Waals surface area contributed by atoms with Crippen molar-refractivity contribution in [1.29, 1.82) is 0 Å². The maximum Gasteiger partial charge on any atom is 1.00 e. The molecule has 2 heterocycles. The average molecular weight is 306 g/mol. The van der Waals surface area contributed by atoms with E-state index in [4.69, 9.17) is 10.5 Å². The normalized spacial score (nSPS) is 13.9. The molecule has 2 N–H and O–H groups in total. The molecule has 0 unspecified atom stereocenters. The summed E-state index contributed by atoms with van der Waals surface area (Å²) in [7, 11) is 0. The fourth-order valence-electron chi connectivity index (χ4n) is 2.22. The number of carbonyl (C=O) groups is 2. The van der Waals surface area contributed by atoms with Crippen molar-refractivity contribution in [3.05, 3.63) is 16.0 Å². The summed E-state index contributed by atoms with van der Waals surface area (Å²) in [4.78, 5) is 25.3. The molecular formula is C12H15N2NaO4S. The largest absolute Gasteiger partial charge is 1.00 e. The number of anilines is 1. The molecule has 6 nitrogen and oxygen atoms in total. The van der Waals surface area contributed by atoms with Crippen LogP contribution in [-0.2, 0) is 17.6 Å². The number of nitrogens with two attached hydrogens (primary N) is 1. The first-order valence-electron chi connectivity index (χ1n) is 6.07. The third-order valence-corrected chi connectivity index (χ3v) is 4.21. The van der Waals surface area contributed by atoms with Gasteiger partial charge in [-0.25, -0.2) is 4.79 Å². The van der Waals surface area contributed by atoms with Crippen molar-refractivity contribution >= 4 is 28.4 Å². The molecular weight excluding hydrogens is 291 g/mol. The number of aromatic carboxylic acids is 1. The number of fused-ring (bicyclic) bond motifs is 1. The summed E-state index contributed by atoms with van der Waals surface area (Å²) in [6, 6.07) is 0. The van der Waals surface area contributed by atoms with Crippen molar-refractivity contribution in [2.75, 3.05) is 25.4 Å². The van der Waals surface area contributed by atoms with Crippen LogP contribution in [0.15, 0.2) is 0 Å². The van der Waals surface area contributed by atoms with E-state index in [1.165, 1.54) is 11.3 Å². The molecule has 0 atom stereocenters. The van der Waals surface area contributed by atoms with Gasteiger partial charge in [0.25, 0.3) is 0 Å². The van der Waals surface area contributed by atoms with Crippen molar-refractivity contribution in [3.8, 4) is 0 Å². The molecule has 0 radical (unpaired) electrons. The van der Waals surface area contributed by atoms with E-state index in [-0.39, 0.29) is 46.2 Å². The Labute approximate surface area is 143 Å². The summed E-state index contributed by atoms with van der Waals surface area (Å²) >= 11 is 1.26. The summed E-state index contributed by atoms with van der Waals surface area (Å²) in [6.07, 6.45) is 0.696. The van der Waals surface area contributed by atoms with Crippen molar-refractivity contribution in [1.82, 2.24) is 4.90 Å². The molecule has 0 aliphatic carbocycles. The monoisotopic (exact) mass is 306 g/mol. The first-order chi connectivity index (χ1) is 9.04. The number of carboxylic acid groups (broad SMARTS) is 1. The van der Waals surface area contributed by atoms with Gasteiger partial charge >= 0.3 is 35.7 Å². The first kappa shape index (κ1) is 17.3. The predicted octanol–water partition coefficient (Wildman–Crippen LogP) is -2.75. The van der Waals surface area contributed by atoms with Crippen molar-refractivity contribution in [3.63, 3.8) is 0 Å². The summed E-state index contributed by atoms with van der Waals surface area (Å²) < 4.78 is 4.95. The Morgan fingerprint density at radius 3 is 2.65 bits per heavy atom. The fraction of sp³-hybridized carbons (Fsp3) is 0.500. The van der Waals surface area contributed by atoms with Crippen molar-refractivity contribution in [2.45, 2.75) is 19.8 Å². The van der Waals surface area contributed by atoms with Gasteiger partial charge in [0.2, 0.25) is 0 Å². The van der Waals surface area contributed by atoms with Gasteiger partial charge in [0.05, 0.1) is 17.6 Å². The zero-order chi connectivity index (χ0) is 14.0. The zero-order valence-corrected chi connectivity index (χ0v) is 14.4. The second-order valence-electron chi connectivity index (χ2n) is 4.22. The Morgan fingerprint density at radius 1 is 1.40 bits per heavy atom. The Morgan fingerprint density at radius 2 is 2.05 bits per heavy atom. The Balaban J connectivity index is 0.00000200. The molecule has 1 aromatic rings. The molecule has 0 saturated heterocycles. The Hall–Kier alpha value is -0.760. The zero-order valence-electron chi connectivity index (χ0n) is 11.6. The molecule has 0 aromatic carbocycles. The van der Waals surface area contributed by atoms with Gasteiger partial charge in [0, 0.05) is 23.5 Å². The van der Waals surface area contributed by atoms with Gasteiger partial charge in [-0.2, -0.15) is 0 Å². The van der Waals surface area contributed by atoms with Gasteiger partial charge in [-0.3, -0.25) is 0 Å².